The van der Waals surface area contributed by atoms with Gasteiger partial charge in [0.2, 0.25) is 10.0 Å². The molecular formula is C17H16N2O5S2. The molecule has 9 heteroatoms. The van der Waals surface area contributed by atoms with Crippen molar-refractivity contribution in [3.8, 4) is 0 Å². The molecule has 0 aliphatic carbocycles. The topological polar surface area (TPSA) is 111 Å². The van der Waals surface area contributed by atoms with Crippen LogP contribution in [-0.4, -0.2) is 16.8 Å². The van der Waals surface area contributed by atoms with Crippen molar-refractivity contribution in [1.29, 1.82) is 0 Å². The van der Waals surface area contributed by atoms with Gasteiger partial charge in [0.05, 0.1) is 28.3 Å². The van der Waals surface area contributed by atoms with Gasteiger partial charge in [-0.3, -0.25) is 4.31 Å². The quantitative estimate of drug-likeness (QED) is 0.692. The van der Waals surface area contributed by atoms with E-state index < -0.39 is 20.0 Å². The van der Waals surface area contributed by atoms with Crippen LogP contribution in [0.3, 0.4) is 0 Å². The van der Waals surface area contributed by atoms with Crippen LogP contribution in [0, 0.1) is 0 Å². The fourth-order valence-corrected chi connectivity index (χ4v) is 4.50. The van der Waals surface area contributed by atoms with Crippen LogP contribution in [0.25, 0.3) is 0 Å². The van der Waals surface area contributed by atoms with Gasteiger partial charge in [-0.25, -0.2) is 22.0 Å². The van der Waals surface area contributed by atoms with Gasteiger partial charge in [-0.15, -0.1) is 0 Å². The molecule has 0 bridgehead atoms. The number of primary sulfonamides is 1. The lowest BCUT2D eigenvalue weighted by atomic mass is 10.3. The maximum Gasteiger partial charge on any atom is 0.264 e. The Labute approximate surface area is 151 Å². The van der Waals surface area contributed by atoms with Crippen molar-refractivity contribution in [2.45, 2.75) is 16.3 Å². The first-order valence-corrected chi connectivity index (χ1v) is 10.5. The summed E-state index contributed by atoms with van der Waals surface area (Å²) in [5.74, 6) is 0.444. The van der Waals surface area contributed by atoms with E-state index in [1.165, 1.54) is 24.5 Å². The zero-order valence-corrected chi connectivity index (χ0v) is 15.2. The summed E-state index contributed by atoms with van der Waals surface area (Å²) < 4.78 is 55.9. The van der Waals surface area contributed by atoms with Gasteiger partial charge < -0.3 is 4.42 Å². The molecule has 0 saturated carbocycles. The Bertz CT molecular complexity index is 1090. The van der Waals surface area contributed by atoms with E-state index in [0.29, 0.717) is 11.4 Å². The lowest BCUT2D eigenvalue weighted by molar-refractivity contribution is 0.508. The number of furan rings is 1. The van der Waals surface area contributed by atoms with Gasteiger partial charge in [-0.05, 0) is 42.5 Å². The summed E-state index contributed by atoms with van der Waals surface area (Å²) in [6.45, 7) is -0.0427. The van der Waals surface area contributed by atoms with E-state index in [1.54, 1.807) is 42.5 Å². The average Bonchev–Trinajstić information content (AvgIpc) is 3.13. The van der Waals surface area contributed by atoms with Crippen LogP contribution >= 0.6 is 0 Å². The second-order valence-electron chi connectivity index (χ2n) is 5.45. The number of para-hydroxylation sites is 1. The van der Waals surface area contributed by atoms with E-state index in [9.17, 15) is 16.8 Å². The molecule has 0 fully saturated rings. The van der Waals surface area contributed by atoms with Gasteiger partial charge >= 0.3 is 0 Å². The largest absolute Gasteiger partial charge is 0.467 e. The molecule has 0 aliphatic rings. The Balaban J connectivity index is 2.10. The van der Waals surface area contributed by atoms with Crippen molar-refractivity contribution in [2.75, 3.05) is 4.31 Å². The zero-order valence-electron chi connectivity index (χ0n) is 13.5. The average molecular weight is 392 g/mol. The highest BCUT2D eigenvalue weighted by molar-refractivity contribution is 7.93. The first-order chi connectivity index (χ1) is 12.3. The summed E-state index contributed by atoms with van der Waals surface area (Å²) >= 11 is 0. The number of rotatable bonds is 6. The predicted molar refractivity (Wildman–Crippen MR) is 96.3 cm³/mol. The van der Waals surface area contributed by atoms with Crippen molar-refractivity contribution in [2.24, 2.45) is 5.14 Å². The van der Waals surface area contributed by atoms with Crippen LogP contribution in [0.1, 0.15) is 5.76 Å². The van der Waals surface area contributed by atoms with Crippen LogP contribution < -0.4 is 9.44 Å². The molecule has 0 aliphatic heterocycles. The number of nitrogens with zero attached hydrogens (tertiary/aromatic N) is 1. The molecule has 1 heterocycles. The third kappa shape index (κ3) is 3.79. The molecule has 7 nitrogen and oxygen atoms in total. The Kier molecular flexibility index (Phi) is 4.86. The van der Waals surface area contributed by atoms with E-state index in [1.807, 2.05) is 0 Å². The number of hydrogen-bond acceptors (Lipinski definition) is 5. The second-order valence-corrected chi connectivity index (χ2v) is 8.87. The van der Waals surface area contributed by atoms with Gasteiger partial charge in [-0.2, -0.15) is 0 Å². The van der Waals surface area contributed by atoms with Crippen molar-refractivity contribution >= 4 is 25.7 Å². The SMILES string of the molecule is NS(=O)(=O)c1cccc(S(=O)(=O)N(Cc2ccco2)c2ccccc2)c1. The monoisotopic (exact) mass is 392 g/mol. The van der Waals surface area contributed by atoms with Crippen molar-refractivity contribution in [1.82, 2.24) is 0 Å². The van der Waals surface area contributed by atoms with Crippen LogP contribution in [0.2, 0.25) is 0 Å². The van der Waals surface area contributed by atoms with Gasteiger partial charge in [0.15, 0.2) is 0 Å². The molecule has 0 radical (unpaired) electrons. The minimum atomic E-state index is -4.06. The molecule has 3 aromatic rings. The minimum Gasteiger partial charge on any atom is -0.467 e. The lowest BCUT2D eigenvalue weighted by Gasteiger charge is -2.23. The van der Waals surface area contributed by atoms with Gasteiger partial charge in [0, 0.05) is 0 Å². The van der Waals surface area contributed by atoms with E-state index in [-0.39, 0.29) is 16.3 Å². The molecule has 0 amide bonds. The number of hydrogen-bond donors (Lipinski definition) is 1. The molecule has 0 saturated heterocycles. The number of benzene rings is 2. The Morgan fingerprint density at radius 1 is 0.846 bits per heavy atom. The smallest absolute Gasteiger partial charge is 0.264 e. The summed E-state index contributed by atoms with van der Waals surface area (Å²) in [7, 11) is -8.09. The number of anilines is 1. The fraction of sp³-hybridized carbons (Fsp3) is 0.0588. The van der Waals surface area contributed by atoms with E-state index >= 15 is 0 Å². The van der Waals surface area contributed by atoms with Crippen LogP contribution in [0.4, 0.5) is 5.69 Å². The van der Waals surface area contributed by atoms with E-state index in [4.69, 9.17) is 9.56 Å². The van der Waals surface area contributed by atoms with Crippen molar-refractivity contribution < 1.29 is 21.3 Å². The number of sulfonamides is 2. The zero-order chi connectivity index (χ0) is 18.8. The molecule has 1 aromatic heterocycles. The van der Waals surface area contributed by atoms with Gasteiger partial charge in [0.1, 0.15) is 5.76 Å². The summed E-state index contributed by atoms with van der Waals surface area (Å²) in [5, 5.41) is 5.11. The van der Waals surface area contributed by atoms with Crippen molar-refractivity contribution in [3.63, 3.8) is 0 Å². The summed E-state index contributed by atoms with van der Waals surface area (Å²) in [6.07, 6.45) is 1.45. The van der Waals surface area contributed by atoms with Crippen LogP contribution in [0.5, 0.6) is 0 Å². The maximum atomic E-state index is 13.2. The molecule has 2 N–H and O–H groups in total. The van der Waals surface area contributed by atoms with Gasteiger partial charge in [-0.1, -0.05) is 24.3 Å². The fourth-order valence-electron chi connectivity index (χ4n) is 2.39. The van der Waals surface area contributed by atoms with Crippen LogP contribution in [-0.2, 0) is 26.6 Å². The summed E-state index contributed by atoms with van der Waals surface area (Å²) in [5.41, 5.74) is 0.421. The lowest BCUT2D eigenvalue weighted by Crippen LogP contribution is -2.30. The third-order valence-corrected chi connectivity index (χ3v) is 6.33. The highest BCUT2D eigenvalue weighted by Crippen LogP contribution is 2.27. The molecule has 3 rings (SSSR count). The Morgan fingerprint density at radius 3 is 2.15 bits per heavy atom. The summed E-state index contributed by atoms with van der Waals surface area (Å²) in [4.78, 5) is -0.455. The molecule has 136 valence electrons. The Hall–Kier alpha value is -2.62. The highest BCUT2D eigenvalue weighted by atomic mass is 32.2. The molecule has 0 atom stereocenters. The first-order valence-electron chi connectivity index (χ1n) is 7.51. The predicted octanol–water partition coefficient (Wildman–Crippen LogP) is 2.32. The molecule has 0 spiro atoms. The normalized spacial score (nSPS) is 12.0. The standard InChI is InChI=1S/C17H16N2O5S2/c18-25(20,21)16-9-4-10-17(12-16)26(22,23)19(13-15-8-5-11-24-15)14-6-2-1-3-7-14/h1-12H,13H2,(H2,18,20,21). The van der Waals surface area contributed by atoms with Gasteiger partial charge in [0.25, 0.3) is 10.0 Å². The minimum absolute atomic E-state index is 0.0427. The van der Waals surface area contributed by atoms with E-state index in [2.05, 4.69) is 0 Å². The maximum absolute atomic E-state index is 13.2. The Morgan fingerprint density at radius 2 is 1.54 bits per heavy atom. The highest BCUT2D eigenvalue weighted by Gasteiger charge is 2.27. The second kappa shape index (κ2) is 6.94. The molecule has 0 unspecified atom stereocenters. The number of nitrogens with two attached hydrogens (primary N) is 1. The molecular weight excluding hydrogens is 376 g/mol. The van der Waals surface area contributed by atoms with Crippen molar-refractivity contribution in [3.05, 3.63) is 78.8 Å². The molecule has 2 aromatic carbocycles. The molecule has 26 heavy (non-hydrogen) atoms. The summed E-state index contributed by atoms with van der Waals surface area (Å²) in [6, 6.07) is 16.7. The third-order valence-electron chi connectivity index (χ3n) is 3.65. The van der Waals surface area contributed by atoms with Crippen LogP contribution in [0.15, 0.2) is 87.2 Å². The van der Waals surface area contributed by atoms with E-state index in [0.717, 1.165) is 10.4 Å². The first kappa shape index (κ1) is 18.2.